The molecule has 2 N–H and O–H groups in total. The van der Waals surface area contributed by atoms with Gasteiger partial charge in [-0.05, 0) is 29.3 Å². The van der Waals surface area contributed by atoms with E-state index in [9.17, 15) is 0 Å². The predicted molar refractivity (Wildman–Crippen MR) is 58.2 cm³/mol. The lowest BCUT2D eigenvalue weighted by atomic mass is 10.2. The number of nitrogens with one attached hydrogen (secondary N) is 2. The zero-order chi connectivity index (χ0) is 9.80. The van der Waals surface area contributed by atoms with E-state index in [0.29, 0.717) is 6.04 Å². The third kappa shape index (κ3) is 2.21. The van der Waals surface area contributed by atoms with E-state index in [1.165, 1.54) is 11.1 Å². The predicted octanol–water partition coefficient (Wildman–Crippen LogP) is 2.32. The van der Waals surface area contributed by atoms with Gasteiger partial charge in [-0.1, -0.05) is 0 Å². The van der Waals surface area contributed by atoms with E-state index in [1.54, 1.807) is 11.3 Å². The molecule has 4 heteroatoms. The van der Waals surface area contributed by atoms with E-state index in [-0.39, 0.29) is 0 Å². The average molecular weight is 207 g/mol. The molecule has 3 nitrogen and oxygen atoms in total. The first-order valence-corrected chi connectivity index (χ1v) is 5.53. The molecule has 0 fully saturated rings. The van der Waals surface area contributed by atoms with Crippen molar-refractivity contribution in [3.05, 3.63) is 40.3 Å². The highest BCUT2D eigenvalue weighted by molar-refractivity contribution is 7.07. The summed E-state index contributed by atoms with van der Waals surface area (Å²) in [4.78, 5) is 0. The lowest BCUT2D eigenvalue weighted by Gasteiger charge is -2.10. The Labute approximate surface area is 87.2 Å². The number of hydrogen-bond acceptors (Lipinski definition) is 3. The first kappa shape index (κ1) is 9.43. The van der Waals surface area contributed by atoms with Crippen molar-refractivity contribution in [3.8, 4) is 0 Å². The summed E-state index contributed by atoms with van der Waals surface area (Å²) in [7, 11) is 0. The third-order valence-electron chi connectivity index (χ3n) is 2.21. The van der Waals surface area contributed by atoms with Crippen LogP contribution in [0.5, 0.6) is 0 Å². The second-order valence-corrected chi connectivity index (χ2v) is 4.05. The summed E-state index contributed by atoms with van der Waals surface area (Å²) in [5.41, 5.74) is 2.53. The lowest BCUT2D eigenvalue weighted by Crippen LogP contribution is -2.17. The fourth-order valence-corrected chi connectivity index (χ4v) is 1.95. The van der Waals surface area contributed by atoms with Crippen LogP contribution in [0.3, 0.4) is 0 Å². The van der Waals surface area contributed by atoms with Crippen LogP contribution < -0.4 is 5.32 Å². The molecular formula is C10H13N3S. The summed E-state index contributed by atoms with van der Waals surface area (Å²) in [6.45, 7) is 3.05. The maximum absolute atomic E-state index is 3.93. The van der Waals surface area contributed by atoms with Crippen LogP contribution in [-0.4, -0.2) is 10.2 Å². The highest BCUT2D eigenvalue weighted by Crippen LogP contribution is 2.11. The summed E-state index contributed by atoms with van der Waals surface area (Å²) in [6, 6.07) is 2.48. The van der Waals surface area contributed by atoms with Crippen LogP contribution >= 0.6 is 11.3 Å². The molecule has 1 unspecified atom stereocenters. The second kappa shape index (κ2) is 4.39. The summed E-state index contributed by atoms with van der Waals surface area (Å²) < 4.78 is 0. The minimum atomic E-state index is 0.341. The molecule has 0 saturated carbocycles. The van der Waals surface area contributed by atoms with Crippen LogP contribution in [0.25, 0.3) is 0 Å². The average Bonchev–Trinajstić information content (AvgIpc) is 2.87. The molecule has 0 aliphatic heterocycles. The molecule has 2 rings (SSSR count). The van der Waals surface area contributed by atoms with E-state index < -0.39 is 0 Å². The van der Waals surface area contributed by atoms with Crippen LogP contribution in [-0.2, 0) is 6.54 Å². The molecule has 0 bridgehead atoms. The molecule has 74 valence electrons. The van der Waals surface area contributed by atoms with Gasteiger partial charge in [-0.3, -0.25) is 5.10 Å². The Morgan fingerprint density at radius 1 is 1.64 bits per heavy atom. The van der Waals surface area contributed by atoms with E-state index in [4.69, 9.17) is 0 Å². The molecule has 0 aromatic carbocycles. The number of nitrogens with zero attached hydrogens (tertiary/aromatic N) is 1. The Bertz CT molecular complexity index is 353. The molecule has 2 heterocycles. The Hall–Kier alpha value is -1.13. The van der Waals surface area contributed by atoms with E-state index in [0.717, 1.165) is 6.54 Å². The highest BCUT2D eigenvalue weighted by atomic mass is 32.1. The van der Waals surface area contributed by atoms with Crippen molar-refractivity contribution in [2.45, 2.75) is 19.5 Å². The molecule has 2 aromatic heterocycles. The van der Waals surface area contributed by atoms with Gasteiger partial charge in [0.1, 0.15) is 0 Å². The van der Waals surface area contributed by atoms with E-state index >= 15 is 0 Å². The molecular weight excluding hydrogens is 194 g/mol. The van der Waals surface area contributed by atoms with Crippen molar-refractivity contribution in [2.75, 3.05) is 0 Å². The first-order chi connectivity index (χ1) is 6.86. The molecule has 0 spiro atoms. The van der Waals surface area contributed by atoms with Crippen LogP contribution in [0.15, 0.2) is 29.2 Å². The zero-order valence-electron chi connectivity index (χ0n) is 8.03. The number of thiophene rings is 1. The second-order valence-electron chi connectivity index (χ2n) is 3.27. The minimum absolute atomic E-state index is 0.341. The fourth-order valence-electron chi connectivity index (χ4n) is 1.28. The van der Waals surface area contributed by atoms with Gasteiger partial charge in [0.15, 0.2) is 0 Å². The third-order valence-corrected chi connectivity index (χ3v) is 2.94. The lowest BCUT2D eigenvalue weighted by molar-refractivity contribution is 0.576. The fraction of sp³-hybridized carbons (Fsp3) is 0.300. The maximum atomic E-state index is 3.93. The normalized spacial score (nSPS) is 12.9. The molecule has 0 amide bonds. The van der Waals surface area contributed by atoms with Gasteiger partial charge >= 0.3 is 0 Å². The first-order valence-electron chi connectivity index (χ1n) is 4.59. The Morgan fingerprint density at radius 3 is 3.21 bits per heavy atom. The zero-order valence-corrected chi connectivity index (χ0v) is 8.84. The van der Waals surface area contributed by atoms with Crippen molar-refractivity contribution in [3.63, 3.8) is 0 Å². The van der Waals surface area contributed by atoms with Crippen LogP contribution in [0.4, 0.5) is 0 Å². The van der Waals surface area contributed by atoms with Gasteiger partial charge in [-0.15, -0.1) is 0 Å². The van der Waals surface area contributed by atoms with Gasteiger partial charge < -0.3 is 5.32 Å². The van der Waals surface area contributed by atoms with Crippen LogP contribution in [0.1, 0.15) is 24.1 Å². The number of H-pyrrole nitrogens is 1. The molecule has 0 saturated heterocycles. The van der Waals surface area contributed by atoms with E-state index in [2.05, 4.69) is 39.3 Å². The van der Waals surface area contributed by atoms with Crippen molar-refractivity contribution < 1.29 is 0 Å². The van der Waals surface area contributed by atoms with Crippen molar-refractivity contribution >= 4 is 11.3 Å². The number of aromatic amines is 1. The number of hydrogen-bond donors (Lipinski definition) is 2. The van der Waals surface area contributed by atoms with Crippen molar-refractivity contribution in [2.24, 2.45) is 0 Å². The van der Waals surface area contributed by atoms with Gasteiger partial charge in [0.25, 0.3) is 0 Å². The van der Waals surface area contributed by atoms with Crippen molar-refractivity contribution in [1.82, 2.24) is 15.5 Å². The topological polar surface area (TPSA) is 40.7 Å². The summed E-state index contributed by atoms with van der Waals surface area (Å²) in [5, 5.41) is 14.4. The van der Waals surface area contributed by atoms with Gasteiger partial charge in [-0.25, -0.2) is 0 Å². The molecule has 1 atom stereocenters. The Kier molecular flexibility index (Phi) is 2.96. The summed E-state index contributed by atoms with van der Waals surface area (Å²) in [6.07, 6.45) is 3.77. The Balaban J connectivity index is 1.87. The standard InChI is InChI=1S/C10H13N3S/c1-8(10-5-12-13-6-10)11-4-9-2-3-14-7-9/h2-3,5-8,11H,4H2,1H3,(H,12,13). The minimum Gasteiger partial charge on any atom is -0.306 e. The smallest absolute Gasteiger partial charge is 0.0534 e. The largest absolute Gasteiger partial charge is 0.306 e. The number of aromatic nitrogens is 2. The summed E-state index contributed by atoms with van der Waals surface area (Å²) in [5.74, 6) is 0. The van der Waals surface area contributed by atoms with Crippen LogP contribution in [0, 0.1) is 0 Å². The Morgan fingerprint density at radius 2 is 2.57 bits per heavy atom. The quantitative estimate of drug-likeness (QED) is 0.807. The number of rotatable bonds is 4. The molecule has 0 aliphatic carbocycles. The van der Waals surface area contributed by atoms with Gasteiger partial charge in [0, 0.05) is 24.3 Å². The van der Waals surface area contributed by atoms with Gasteiger partial charge in [-0.2, -0.15) is 16.4 Å². The molecule has 14 heavy (non-hydrogen) atoms. The van der Waals surface area contributed by atoms with Gasteiger partial charge in [0.2, 0.25) is 0 Å². The highest BCUT2D eigenvalue weighted by Gasteiger charge is 2.05. The summed E-state index contributed by atoms with van der Waals surface area (Å²) >= 11 is 1.73. The molecule has 0 aliphatic rings. The van der Waals surface area contributed by atoms with Gasteiger partial charge in [0.05, 0.1) is 6.20 Å². The van der Waals surface area contributed by atoms with Crippen LogP contribution in [0.2, 0.25) is 0 Å². The monoisotopic (exact) mass is 207 g/mol. The maximum Gasteiger partial charge on any atom is 0.0534 e. The SMILES string of the molecule is CC(NCc1ccsc1)c1cn[nH]c1. The molecule has 0 radical (unpaired) electrons. The van der Waals surface area contributed by atoms with E-state index in [1.807, 2.05) is 12.4 Å². The van der Waals surface area contributed by atoms with Crippen molar-refractivity contribution in [1.29, 1.82) is 0 Å². The molecule has 2 aromatic rings.